The number of rotatable bonds is 4. The molecule has 0 amide bonds. The number of nitrogens with two attached hydrogens (primary N) is 1. The van der Waals surface area contributed by atoms with Crippen LogP contribution in [0.4, 0.5) is 5.95 Å². The third kappa shape index (κ3) is 1.80. The van der Waals surface area contributed by atoms with Gasteiger partial charge in [0, 0.05) is 12.1 Å². The Balaban J connectivity index is 1.87. The molecule has 0 aromatic carbocycles. The maximum atomic E-state index is 5.73. The molecule has 3 N–H and O–H groups in total. The molecule has 2 saturated carbocycles. The number of hydrogen-bond acceptors (Lipinski definition) is 4. The molecule has 0 atom stereocenters. The molecule has 0 aliphatic heterocycles. The smallest absolute Gasteiger partial charge is 0.225 e. The van der Waals surface area contributed by atoms with Crippen LogP contribution in [-0.4, -0.2) is 20.8 Å². The van der Waals surface area contributed by atoms with Crippen LogP contribution in [0.15, 0.2) is 0 Å². The largest absolute Gasteiger partial charge is 0.352 e. The molecule has 0 unspecified atom stereocenters. The molecule has 5 nitrogen and oxygen atoms in total. The number of anilines is 1. The first-order valence-corrected chi connectivity index (χ1v) is 6.29. The monoisotopic (exact) mass is 221 g/mol. The van der Waals surface area contributed by atoms with Gasteiger partial charge in [0.05, 0.1) is 6.54 Å². The maximum absolute atomic E-state index is 5.73. The normalized spacial score (nSPS) is 21.6. The van der Waals surface area contributed by atoms with E-state index in [1.54, 1.807) is 0 Å². The summed E-state index contributed by atoms with van der Waals surface area (Å²) in [5.41, 5.74) is 5.73. The summed E-state index contributed by atoms with van der Waals surface area (Å²) < 4.78 is 2.24. The molecule has 16 heavy (non-hydrogen) atoms. The molecule has 0 spiro atoms. The second-order valence-corrected chi connectivity index (χ2v) is 4.87. The van der Waals surface area contributed by atoms with Gasteiger partial charge in [0.1, 0.15) is 5.82 Å². The number of hydrogen-bond donors (Lipinski definition) is 2. The average Bonchev–Trinajstić information content (AvgIpc) is 2.81. The van der Waals surface area contributed by atoms with Crippen LogP contribution in [0, 0.1) is 0 Å². The number of nitrogens with one attached hydrogen (secondary N) is 1. The van der Waals surface area contributed by atoms with Gasteiger partial charge >= 0.3 is 0 Å². The lowest BCUT2D eigenvalue weighted by Crippen LogP contribution is -2.16. The van der Waals surface area contributed by atoms with Crippen molar-refractivity contribution in [2.24, 2.45) is 5.73 Å². The Morgan fingerprint density at radius 3 is 2.56 bits per heavy atom. The van der Waals surface area contributed by atoms with Crippen molar-refractivity contribution in [2.45, 2.75) is 57.2 Å². The highest BCUT2D eigenvalue weighted by molar-refractivity contribution is 5.30. The highest BCUT2D eigenvalue weighted by atomic mass is 15.4. The molecule has 3 rings (SSSR count). The molecule has 0 radical (unpaired) electrons. The van der Waals surface area contributed by atoms with E-state index in [-0.39, 0.29) is 0 Å². The van der Waals surface area contributed by atoms with E-state index in [1.165, 1.54) is 38.5 Å². The summed E-state index contributed by atoms with van der Waals surface area (Å²) in [5, 5.41) is 11.9. The molecule has 88 valence electrons. The predicted octanol–water partition coefficient (Wildman–Crippen LogP) is 1.43. The lowest BCUT2D eigenvalue weighted by molar-refractivity contribution is 0.501. The highest BCUT2D eigenvalue weighted by Crippen LogP contribution is 2.33. The fraction of sp³-hybridized carbons (Fsp3) is 0.818. The van der Waals surface area contributed by atoms with Gasteiger partial charge in [0.2, 0.25) is 5.95 Å². The van der Waals surface area contributed by atoms with Crippen LogP contribution >= 0.6 is 0 Å². The molecule has 0 saturated heterocycles. The summed E-state index contributed by atoms with van der Waals surface area (Å²) in [5.74, 6) is 1.87. The van der Waals surface area contributed by atoms with Crippen LogP contribution < -0.4 is 11.1 Å². The first-order valence-electron chi connectivity index (χ1n) is 6.29. The minimum Gasteiger partial charge on any atom is -0.352 e. The lowest BCUT2D eigenvalue weighted by Gasteiger charge is -2.16. The zero-order chi connectivity index (χ0) is 11.0. The Hall–Kier alpha value is -1.10. The van der Waals surface area contributed by atoms with Crippen molar-refractivity contribution in [1.82, 2.24) is 14.8 Å². The van der Waals surface area contributed by atoms with Gasteiger partial charge in [0.15, 0.2) is 0 Å². The van der Waals surface area contributed by atoms with Crippen LogP contribution in [0.5, 0.6) is 0 Å². The van der Waals surface area contributed by atoms with E-state index in [0.29, 0.717) is 18.6 Å². The summed E-state index contributed by atoms with van der Waals surface area (Å²) in [6.45, 7) is 0.482. The fourth-order valence-electron chi connectivity index (χ4n) is 2.52. The van der Waals surface area contributed by atoms with Gasteiger partial charge in [-0.15, -0.1) is 10.2 Å². The van der Waals surface area contributed by atoms with Crippen molar-refractivity contribution in [3.8, 4) is 0 Å². The van der Waals surface area contributed by atoms with Crippen molar-refractivity contribution < 1.29 is 0 Å². The van der Waals surface area contributed by atoms with Gasteiger partial charge in [-0.1, -0.05) is 12.8 Å². The van der Waals surface area contributed by atoms with E-state index in [0.717, 1.165) is 11.8 Å². The molecule has 2 aliphatic rings. The zero-order valence-corrected chi connectivity index (χ0v) is 9.52. The Bertz CT molecular complexity index is 362. The Kier molecular flexibility index (Phi) is 2.55. The molecule has 1 heterocycles. The van der Waals surface area contributed by atoms with Crippen molar-refractivity contribution in [1.29, 1.82) is 0 Å². The van der Waals surface area contributed by atoms with Crippen LogP contribution in [-0.2, 0) is 6.54 Å². The SMILES string of the molecule is NCc1nnc(NC2CC2)n1C1CCCC1. The fourth-order valence-corrected chi connectivity index (χ4v) is 2.52. The van der Waals surface area contributed by atoms with Gasteiger partial charge in [-0.25, -0.2) is 0 Å². The van der Waals surface area contributed by atoms with Gasteiger partial charge in [-0.05, 0) is 25.7 Å². The van der Waals surface area contributed by atoms with E-state index < -0.39 is 0 Å². The van der Waals surface area contributed by atoms with Crippen LogP contribution in [0.25, 0.3) is 0 Å². The second kappa shape index (κ2) is 4.05. The zero-order valence-electron chi connectivity index (χ0n) is 9.52. The predicted molar refractivity (Wildman–Crippen MR) is 62.1 cm³/mol. The summed E-state index contributed by atoms with van der Waals surface area (Å²) >= 11 is 0. The molecule has 1 aromatic heterocycles. The van der Waals surface area contributed by atoms with Crippen molar-refractivity contribution in [3.63, 3.8) is 0 Å². The maximum Gasteiger partial charge on any atom is 0.225 e. The minimum atomic E-state index is 0.482. The van der Waals surface area contributed by atoms with E-state index in [2.05, 4.69) is 20.1 Å². The van der Waals surface area contributed by atoms with Crippen molar-refractivity contribution >= 4 is 5.95 Å². The number of aromatic nitrogens is 3. The lowest BCUT2D eigenvalue weighted by atomic mass is 10.2. The third-order valence-electron chi connectivity index (χ3n) is 3.55. The third-order valence-corrected chi connectivity index (χ3v) is 3.55. The first kappa shape index (κ1) is 10.1. The Morgan fingerprint density at radius 2 is 1.94 bits per heavy atom. The highest BCUT2D eigenvalue weighted by Gasteiger charge is 2.27. The van der Waals surface area contributed by atoms with Crippen LogP contribution in [0.2, 0.25) is 0 Å². The van der Waals surface area contributed by atoms with E-state index >= 15 is 0 Å². The van der Waals surface area contributed by atoms with Crippen LogP contribution in [0.3, 0.4) is 0 Å². The van der Waals surface area contributed by atoms with Gasteiger partial charge < -0.3 is 11.1 Å². The van der Waals surface area contributed by atoms with E-state index in [1.807, 2.05) is 0 Å². The van der Waals surface area contributed by atoms with Gasteiger partial charge in [0.25, 0.3) is 0 Å². The van der Waals surface area contributed by atoms with Crippen molar-refractivity contribution in [2.75, 3.05) is 5.32 Å². The molecule has 1 aromatic rings. The summed E-state index contributed by atoms with van der Waals surface area (Å²) in [4.78, 5) is 0. The summed E-state index contributed by atoms with van der Waals surface area (Å²) in [7, 11) is 0. The van der Waals surface area contributed by atoms with E-state index in [4.69, 9.17) is 5.73 Å². The Morgan fingerprint density at radius 1 is 1.19 bits per heavy atom. The molecule has 0 bridgehead atoms. The van der Waals surface area contributed by atoms with Crippen molar-refractivity contribution in [3.05, 3.63) is 5.82 Å². The Labute approximate surface area is 95.4 Å². The standard InChI is InChI=1S/C11H19N5/c12-7-10-14-15-11(13-8-5-6-8)16(10)9-3-1-2-4-9/h8-9H,1-7,12H2,(H,13,15). The summed E-state index contributed by atoms with van der Waals surface area (Å²) in [6, 6.07) is 1.18. The molecule has 5 heteroatoms. The molecule has 2 aliphatic carbocycles. The van der Waals surface area contributed by atoms with Crippen LogP contribution in [0.1, 0.15) is 50.4 Å². The molecular weight excluding hydrogens is 202 g/mol. The average molecular weight is 221 g/mol. The molecule has 2 fully saturated rings. The minimum absolute atomic E-state index is 0.482. The summed E-state index contributed by atoms with van der Waals surface area (Å²) in [6.07, 6.45) is 7.63. The second-order valence-electron chi connectivity index (χ2n) is 4.87. The number of nitrogens with zero attached hydrogens (tertiary/aromatic N) is 3. The topological polar surface area (TPSA) is 68.8 Å². The first-order chi connectivity index (χ1) is 7.88. The van der Waals surface area contributed by atoms with E-state index in [9.17, 15) is 0 Å². The van der Waals surface area contributed by atoms with Gasteiger partial charge in [-0.2, -0.15) is 0 Å². The molecular formula is C11H19N5. The van der Waals surface area contributed by atoms with Gasteiger partial charge in [-0.3, -0.25) is 4.57 Å². The quantitative estimate of drug-likeness (QED) is 0.807.